The summed E-state index contributed by atoms with van der Waals surface area (Å²) in [5.74, 6) is 1.24. The molecule has 3 aliphatic heterocycles. The molecule has 1 aromatic rings. The van der Waals surface area contributed by atoms with Gasteiger partial charge in [-0.1, -0.05) is 12.1 Å². The Labute approximate surface area is 203 Å². The molecule has 31 heavy (non-hydrogen) atoms. The van der Waals surface area contributed by atoms with Crippen LogP contribution in [0.4, 0.5) is 5.69 Å². The summed E-state index contributed by atoms with van der Waals surface area (Å²) in [5, 5.41) is 3.47. The second kappa shape index (κ2) is 12.0. The zero-order valence-electron chi connectivity index (χ0n) is 18.6. The Morgan fingerprint density at radius 3 is 2.61 bits per heavy atom. The number of piperidine rings is 1. The highest BCUT2D eigenvalue weighted by Gasteiger charge is 2.30. The molecule has 0 bridgehead atoms. The second-order valence-corrected chi connectivity index (χ2v) is 8.38. The maximum Gasteiger partial charge on any atom is 0.226 e. The van der Waals surface area contributed by atoms with Gasteiger partial charge in [0.2, 0.25) is 5.91 Å². The number of ether oxygens (including phenoxy) is 1. The van der Waals surface area contributed by atoms with E-state index in [1.807, 2.05) is 4.90 Å². The molecule has 1 unspecified atom stereocenters. The third-order valence-corrected chi connectivity index (χ3v) is 6.34. The number of aliphatic imine (C=N–C) groups is 1. The largest absolute Gasteiger partial charge is 0.379 e. The molecule has 0 aromatic heterocycles. The molecular formula is C23H36IN5O2. The first-order valence-corrected chi connectivity index (χ1v) is 11.5. The van der Waals surface area contributed by atoms with Crippen molar-refractivity contribution in [1.82, 2.24) is 15.1 Å². The van der Waals surface area contributed by atoms with Crippen molar-refractivity contribution < 1.29 is 9.53 Å². The van der Waals surface area contributed by atoms with E-state index in [-0.39, 0.29) is 29.9 Å². The molecule has 4 rings (SSSR count). The molecule has 0 radical (unpaired) electrons. The number of morpholine rings is 1. The van der Waals surface area contributed by atoms with Gasteiger partial charge < -0.3 is 19.9 Å². The molecule has 0 aliphatic carbocycles. The van der Waals surface area contributed by atoms with Gasteiger partial charge in [0.05, 0.1) is 19.8 Å². The lowest BCUT2D eigenvalue weighted by Gasteiger charge is -2.32. The molecule has 0 saturated carbocycles. The Balaban J connectivity index is 0.00000272. The molecule has 8 heteroatoms. The summed E-state index contributed by atoms with van der Waals surface area (Å²) in [6.07, 6.45) is 3.95. The van der Waals surface area contributed by atoms with Crippen LogP contribution in [0.3, 0.4) is 0 Å². The van der Waals surface area contributed by atoms with Gasteiger partial charge in [0, 0.05) is 57.4 Å². The van der Waals surface area contributed by atoms with Crippen LogP contribution in [-0.4, -0.2) is 80.2 Å². The quantitative estimate of drug-likeness (QED) is 0.353. The van der Waals surface area contributed by atoms with Gasteiger partial charge in [0.1, 0.15) is 0 Å². The molecule has 3 saturated heterocycles. The number of amides is 1. The van der Waals surface area contributed by atoms with Crippen molar-refractivity contribution in [2.75, 3.05) is 57.4 Å². The number of hydrogen-bond donors (Lipinski definition) is 1. The van der Waals surface area contributed by atoms with E-state index in [1.165, 1.54) is 12.0 Å². The number of halogens is 1. The van der Waals surface area contributed by atoms with Gasteiger partial charge in [-0.15, -0.1) is 24.0 Å². The van der Waals surface area contributed by atoms with E-state index in [0.717, 1.165) is 77.0 Å². The van der Waals surface area contributed by atoms with Gasteiger partial charge in [-0.3, -0.25) is 9.69 Å². The number of benzene rings is 1. The first kappa shape index (κ1) is 24.3. The second-order valence-electron chi connectivity index (χ2n) is 8.38. The Morgan fingerprint density at radius 1 is 1.13 bits per heavy atom. The van der Waals surface area contributed by atoms with Crippen molar-refractivity contribution in [2.24, 2.45) is 4.99 Å². The summed E-state index contributed by atoms with van der Waals surface area (Å²) in [7, 11) is 0. The van der Waals surface area contributed by atoms with E-state index in [1.54, 1.807) is 0 Å². The lowest BCUT2D eigenvalue weighted by Crippen LogP contribution is -2.46. The third-order valence-electron chi connectivity index (χ3n) is 6.34. The maximum atomic E-state index is 12.1. The molecule has 1 aromatic carbocycles. The summed E-state index contributed by atoms with van der Waals surface area (Å²) in [6.45, 7) is 10.3. The lowest BCUT2D eigenvalue weighted by molar-refractivity contribution is -0.119. The molecular weight excluding hydrogens is 505 g/mol. The van der Waals surface area contributed by atoms with Crippen LogP contribution < -0.4 is 10.2 Å². The van der Waals surface area contributed by atoms with Crippen molar-refractivity contribution in [1.29, 1.82) is 0 Å². The van der Waals surface area contributed by atoms with Gasteiger partial charge in [0.25, 0.3) is 0 Å². The lowest BCUT2D eigenvalue weighted by atomic mass is 10.1. The molecule has 3 aliphatic rings. The van der Waals surface area contributed by atoms with E-state index < -0.39 is 0 Å². The van der Waals surface area contributed by atoms with E-state index in [4.69, 9.17) is 9.73 Å². The zero-order chi connectivity index (χ0) is 20.8. The molecule has 1 atom stereocenters. The first-order chi connectivity index (χ1) is 14.7. The van der Waals surface area contributed by atoms with Gasteiger partial charge in [-0.05, 0) is 43.9 Å². The highest BCUT2D eigenvalue weighted by molar-refractivity contribution is 14.0. The number of carbonyl (C=O) groups excluding carboxylic acids is 1. The fourth-order valence-electron chi connectivity index (χ4n) is 4.63. The third kappa shape index (κ3) is 6.32. The zero-order valence-corrected chi connectivity index (χ0v) is 20.9. The molecule has 0 spiro atoms. The van der Waals surface area contributed by atoms with Crippen molar-refractivity contribution in [2.45, 2.75) is 45.2 Å². The number of guanidine groups is 1. The van der Waals surface area contributed by atoms with Crippen molar-refractivity contribution in [3.05, 3.63) is 29.8 Å². The average Bonchev–Trinajstić information content (AvgIpc) is 3.28. The van der Waals surface area contributed by atoms with E-state index in [9.17, 15) is 4.79 Å². The Morgan fingerprint density at radius 2 is 1.90 bits per heavy atom. The van der Waals surface area contributed by atoms with Crippen LogP contribution in [0.15, 0.2) is 29.3 Å². The Bertz CT molecular complexity index is 736. The minimum absolute atomic E-state index is 0. The SMILES string of the molecule is CCNC(=NCc1ccc(N2CCCCC2=O)cc1)N1CCC(N2CCOCC2)C1.I. The minimum atomic E-state index is 0. The molecule has 1 amide bonds. The molecule has 3 fully saturated rings. The van der Waals surface area contributed by atoms with Crippen LogP contribution in [0, 0.1) is 0 Å². The van der Waals surface area contributed by atoms with E-state index in [0.29, 0.717) is 19.0 Å². The fourth-order valence-corrected chi connectivity index (χ4v) is 4.63. The monoisotopic (exact) mass is 541 g/mol. The van der Waals surface area contributed by atoms with Crippen molar-refractivity contribution in [3.63, 3.8) is 0 Å². The van der Waals surface area contributed by atoms with Crippen molar-refractivity contribution in [3.8, 4) is 0 Å². The number of hydrogen-bond acceptors (Lipinski definition) is 4. The molecule has 172 valence electrons. The van der Waals surface area contributed by atoms with Crippen LogP contribution >= 0.6 is 24.0 Å². The first-order valence-electron chi connectivity index (χ1n) is 11.5. The molecule has 1 N–H and O–H groups in total. The maximum absolute atomic E-state index is 12.1. The number of anilines is 1. The van der Waals surface area contributed by atoms with Crippen molar-refractivity contribution >= 4 is 41.5 Å². The van der Waals surface area contributed by atoms with Gasteiger partial charge in [-0.25, -0.2) is 4.99 Å². The highest BCUT2D eigenvalue weighted by atomic mass is 127. The van der Waals surface area contributed by atoms with Crippen LogP contribution in [0.1, 0.15) is 38.2 Å². The topological polar surface area (TPSA) is 60.4 Å². The van der Waals surface area contributed by atoms with Crippen LogP contribution in [0.2, 0.25) is 0 Å². The number of rotatable bonds is 5. The minimum Gasteiger partial charge on any atom is -0.379 e. The van der Waals surface area contributed by atoms with Gasteiger partial charge in [-0.2, -0.15) is 0 Å². The van der Waals surface area contributed by atoms with Crippen LogP contribution in [0.25, 0.3) is 0 Å². The summed E-state index contributed by atoms with van der Waals surface area (Å²) >= 11 is 0. The summed E-state index contributed by atoms with van der Waals surface area (Å²) in [5.41, 5.74) is 2.18. The smallest absolute Gasteiger partial charge is 0.226 e. The predicted molar refractivity (Wildman–Crippen MR) is 135 cm³/mol. The predicted octanol–water partition coefficient (Wildman–Crippen LogP) is 2.69. The van der Waals surface area contributed by atoms with E-state index in [2.05, 4.69) is 46.3 Å². The molecule has 3 heterocycles. The number of likely N-dealkylation sites (tertiary alicyclic amines) is 1. The fraction of sp³-hybridized carbons (Fsp3) is 0.652. The standard InChI is InChI=1S/C23H35N5O2.HI/c1-2-24-23(27-12-10-21(18-27)26-13-15-30-16-14-26)25-17-19-6-8-20(9-7-19)28-11-4-3-5-22(28)29;/h6-9,21H,2-5,10-18H2,1H3,(H,24,25);1H. The van der Waals surface area contributed by atoms with Gasteiger partial charge >= 0.3 is 0 Å². The van der Waals surface area contributed by atoms with Crippen LogP contribution in [0.5, 0.6) is 0 Å². The highest BCUT2D eigenvalue weighted by Crippen LogP contribution is 2.22. The molecule has 7 nitrogen and oxygen atoms in total. The number of nitrogens with one attached hydrogen (secondary N) is 1. The van der Waals surface area contributed by atoms with Crippen LogP contribution in [-0.2, 0) is 16.1 Å². The van der Waals surface area contributed by atoms with E-state index >= 15 is 0 Å². The number of carbonyl (C=O) groups is 1. The summed E-state index contributed by atoms with van der Waals surface area (Å²) < 4.78 is 5.50. The Kier molecular flexibility index (Phi) is 9.40. The Hall–Kier alpha value is -1.39. The summed E-state index contributed by atoms with van der Waals surface area (Å²) in [4.78, 5) is 23.9. The van der Waals surface area contributed by atoms with Gasteiger partial charge in [0.15, 0.2) is 5.96 Å². The normalized spacial score (nSPS) is 23.1. The number of nitrogens with zero attached hydrogens (tertiary/aromatic N) is 4. The summed E-state index contributed by atoms with van der Waals surface area (Å²) in [6, 6.07) is 8.92. The average molecular weight is 541 g/mol.